The summed E-state index contributed by atoms with van der Waals surface area (Å²) in [6.45, 7) is 2.98. The molecule has 0 heterocycles. The Kier molecular flexibility index (Phi) is 5.17. The van der Waals surface area contributed by atoms with E-state index in [2.05, 4.69) is 18.3 Å². The molecule has 1 aliphatic carbocycles. The van der Waals surface area contributed by atoms with Gasteiger partial charge in [0.1, 0.15) is 5.92 Å². The van der Waals surface area contributed by atoms with Gasteiger partial charge in [-0.25, -0.2) is 0 Å². The lowest BCUT2D eigenvalue weighted by atomic mass is 9.82. The highest BCUT2D eigenvalue weighted by Gasteiger charge is 2.23. The van der Waals surface area contributed by atoms with Crippen LogP contribution in [0.3, 0.4) is 0 Å². The van der Waals surface area contributed by atoms with Crippen molar-refractivity contribution >= 4 is 5.91 Å². The summed E-state index contributed by atoms with van der Waals surface area (Å²) < 4.78 is 0. The number of amides is 1. The summed E-state index contributed by atoms with van der Waals surface area (Å²) in [5.41, 5.74) is 0.768. The predicted molar refractivity (Wildman–Crippen MR) is 78.9 cm³/mol. The maximum absolute atomic E-state index is 12.2. The van der Waals surface area contributed by atoms with E-state index in [0.717, 1.165) is 11.5 Å². The standard InChI is InChI=1S/C17H22N2O/c1-13-6-5-7-14(10-13)12-19-17(20)16(11-18)15-8-3-2-4-9-15/h2-4,8-9,13-14,16H,5-7,10,12H2,1H3,(H,19,20). The third-order valence-corrected chi connectivity index (χ3v) is 4.13. The molecule has 3 heteroatoms. The van der Waals surface area contributed by atoms with E-state index >= 15 is 0 Å². The Hall–Kier alpha value is -1.82. The van der Waals surface area contributed by atoms with Gasteiger partial charge in [0.05, 0.1) is 6.07 Å². The van der Waals surface area contributed by atoms with Gasteiger partial charge >= 0.3 is 0 Å². The van der Waals surface area contributed by atoms with Crippen molar-refractivity contribution in [2.24, 2.45) is 11.8 Å². The Labute approximate surface area is 121 Å². The summed E-state index contributed by atoms with van der Waals surface area (Å²) in [6, 6.07) is 11.4. The van der Waals surface area contributed by atoms with E-state index < -0.39 is 5.92 Å². The lowest BCUT2D eigenvalue weighted by Gasteiger charge is -2.27. The van der Waals surface area contributed by atoms with Crippen molar-refractivity contribution in [2.75, 3.05) is 6.54 Å². The first kappa shape index (κ1) is 14.6. The van der Waals surface area contributed by atoms with Crippen LogP contribution in [0.5, 0.6) is 0 Å². The second-order valence-electron chi connectivity index (χ2n) is 5.86. The Bertz CT molecular complexity index is 478. The first-order valence-corrected chi connectivity index (χ1v) is 7.43. The molecule has 1 aliphatic rings. The van der Waals surface area contributed by atoms with Crippen LogP contribution in [0.2, 0.25) is 0 Å². The topological polar surface area (TPSA) is 52.9 Å². The molecule has 20 heavy (non-hydrogen) atoms. The summed E-state index contributed by atoms with van der Waals surface area (Å²) in [5, 5.41) is 12.2. The number of benzene rings is 1. The fraction of sp³-hybridized carbons (Fsp3) is 0.529. The quantitative estimate of drug-likeness (QED) is 0.913. The molecular formula is C17H22N2O. The van der Waals surface area contributed by atoms with Crippen molar-refractivity contribution in [3.05, 3.63) is 35.9 Å². The average molecular weight is 270 g/mol. The highest BCUT2D eigenvalue weighted by Crippen LogP contribution is 2.28. The highest BCUT2D eigenvalue weighted by atomic mass is 16.1. The van der Waals surface area contributed by atoms with E-state index in [1.807, 2.05) is 30.3 Å². The fourth-order valence-corrected chi connectivity index (χ4v) is 3.02. The summed E-state index contributed by atoms with van der Waals surface area (Å²) in [6.07, 6.45) is 4.92. The first-order chi connectivity index (χ1) is 9.70. The van der Waals surface area contributed by atoms with Crippen molar-refractivity contribution in [1.29, 1.82) is 5.26 Å². The van der Waals surface area contributed by atoms with Crippen LogP contribution in [0.4, 0.5) is 0 Å². The zero-order valence-corrected chi connectivity index (χ0v) is 12.0. The van der Waals surface area contributed by atoms with E-state index in [1.54, 1.807) is 0 Å². The number of carbonyl (C=O) groups excluding carboxylic acids is 1. The Morgan fingerprint density at radius 3 is 2.80 bits per heavy atom. The number of rotatable bonds is 4. The second kappa shape index (κ2) is 7.09. The molecule has 0 bridgehead atoms. The lowest BCUT2D eigenvalue weighted by Crippen LogP contribution is -2.34. The number of carbonyl (C=O) groups is 1. The van der Waals surface area contributed by atoms with Gasteiger partial charge in [-0.3, -0.25) is 4.79 Å². The first-order valence-electron chi connectivity index (χ1n) is 7.43. The third kappa shape index (κ3) is 3.84. The Morgan fingerprint density at radius 1 is 1.40 bits per heavy atom. The molecule has 1 aromatic carbocycles. The molecule has 0 aliphatic heterocycles. The molecular weight excluding hydrogens is 248 g/mol. The molecule has 0 radical (unpaired) electrons. The maximum atomic E-state index is 12.2. The van der Waals surface area contributed by atoms with E-state index in [0.29, 0.717) is 12.5 Å². The molecule has 1 saturated carbocycles. The molecule has 3 atom stereocenters. The van der Waals surface area contributed by atoms with Crippen molar-refractivity contribution in [3.8, 4) is 6.07 Å². The molecule has 106 valence electrons. The molecule has 1 N–H and O–H groups in total. The predicted octanol–water partition coefficient (Wildman–Crippen LogP) is 3.24. The van der Waals surface area contributed by atoms with Crippen LogP contribution >= 0.6 is 0 Å². The number of nitrogens with zero attached hydrogens (tertiary/aromatic N) is 1. The van der Waals surface area contributed by atoms with Crippen molar-refractivity contribution in [2.45, 2.75) is 38.5 Å². The van der Waals surface area contributed by atoms with E-state index in [9.17, 15) is 10.1 Å². The minimum Gasteiger partial charge on any atom is -0.354 e. The average Bonchev–Trinajstić information content (AvgIpc) is 2.47. The normalized spacial score (nSPS) is 23.6. The van der Waals surface area contributed by atoms with Gasteiger partial charge in [0.25, 0.3) is 0 Å². The van der Waals surface area contributed by atoms with Crippen molar-refractivity contribution in [3.63, 3.8) is 0 Å². The SMILES string of the molecule is CC1CCCC(CNC(=O)C(C#N)c2ccccc2)C1. The zero-order chi connectivity index (χ0) is 14.4. The molecule has 2 rings (SSSR count). The Balaban J connectivity index is 1.89. The number of hydrogen-bond acceptors (Lipinski definition) is 2. The van der Waals surface area contributed by atoms with Crippen LogP contribution in [-0.2, 0) is 4.79 Å². The maximum Gasteiger partial charge on any atom is 0.241 e. The largest absolute Gasteiger partial charge is 0.354 e. The summed E-state index contributed by atoms with van der Waals surface area (Å²) >= 11 is 0. The number of hydrogen-bond donors (Lipinski definition) is 1. The van der Waals surface area contributed by atoms with Crippen LogP contribution in [-0.4, -0.2) is 12.5 Å². The van der Waals surface area contributed by atoms with Crippen molar-refractivity contribution < 1.29 is 4.79 Å². The molecule has 0 saturated heterocycles. The molecule has 1 fully saturated rings. The van der Waals surface area contributed by atoms with E-state index in [1.165, 1.54) is 25.7 Å². The summed E-state index contributed by atoms with van der Waals surface area (Å²) in [7, 11) is 0. The monoisotopic (exact) mass is 270 g/mol. The van der Waals surface area contributed by atoms with Crippen molar-refractivity contribution in [1.82, 2.24) is 5.32 Å². The molecule has 0 spiro atoms. The zero-order valence-electron chi connectivity index (χ0n) is 12.0. The van der Waals surface area contributed by atoms with Gasteiger partial charge in [0.2, 0.25) is 5.91 Å². The molecule has 3 unspecified atom stereocenters. The van der Waals surface area contributed by atoms with E-state index in [4.69, 9.17) is 0 Å². The van der Waals surface area contributed by atoms with Crippen LogP contribution in [0, 0.1) is 23.2 Å². The van der Waals surface area contributed by atoms with Gasteiger partial charge in [-0.2, -0.15) is 5.26 Å². The summed E-state index contributed by atoms with van der Waals surface area (Å²) in [5.74, 6) is 0.457. The van der Waals surface area contributed by atoms with Gasteiger partial charge in [-0.05, 0) is 30.2 Å². The molecule has 1 amide bonds. The second-order valence-corrected chi connectivity index (χ2v) is 5.86. The van der Waals surface area contributed by atoms with Crippen LogP contribution in [0.15, 0.2) is 30.3 Å². The molecule has 1 aromatic rings. The number of nitrogens with one attached hydrogen (secondary N) is 1. The molecule has 0 aromatic heterocycles. The molecule has 3 nitrogen and oxygen atoms in total. The summed E-state index contributed by atoms with van der Waals surface area (Å²) in [4.78, 5) is 12.2. The van der Waals surface area contributed by atoms with Gasteiger partial charge in [0, 0.05) is 6.54 Å². The smallest absolute Gasteiger partial charge is 0.241 e. The lowest BCUT2D eigenvalue weighted by molar-refractivity contribution is -0.121. The van der Waals surface area contributed by atoms with E-state index in [-0.39, 0.29) is 5.91 Å². The van der Waals surface area contributed by atoms with Gasteiger partial charge < -0.3 is 5.32 Å². The van der Waals surface area contributed by atoms with Crippen LogP contribution < -0.4 is 5.32 Å². The van der Waals surface area contributed by atoms with Crippen LogP contribution in [0.25, 0.3) is 0 Å². The van der Waals surface area contributed by atoms with Crippen LogP contribution in [0.1, 0.15) is 44.1 Å². The third-order valence-electron chi connectivity index (χ3n) is 4.13. The van der Waals surface area contributed by atoms with Gasteiger partial charge in [-0.15, -0.1) is 0 Å². The minimum atomic E-state index is -0.697. The number of nitriles is 1. The Morgan fingerprint density at radius 2 is 2.15 bits per heavy atom. The fourth-order valence-electron chi connectivity index (χ4n) is 3.02. The van der Waals surface area contributed by atoms with Gasteiger partial charge in [-0.1, -0.05) is 50.1 Å². The minimum absolute atomic E-state index is 0.170. The highest BCUT2D eigenvalue weighted by molar-refractivity contribution is 5.86. The van der Waals surface area contributed by atoms with Gasteiger partial charge in [0.15, 0.2) is 0 Å².